The molecule has 0 bridgehead atoms. The lowest BCUT2D eigenvalue weighted by atomic mass is 9.93. The van der Waals surface area contributed by atoms with Gasteiger partial charge in [0.15, 0.2) is 0 Å². The van der Waals surface area contributed by atoms with Crippen molar-refractivity contribution in [2.75, 3.05) is 0 Å². The highest BCUT2D eigenvalue weighted by molar-refractivity contribution is 7.03. The van der Waals surface area contributed by atoms with Crippen molar-refractivity contribution in [3.63, 3.8) is 0 Å². The summed E-state index contributed by atoms with van der Waals surface area (Å²) >= 11 is 1.42. The highest BCUT2D eigenvalue weighted by atomic mass is 32.1. The van der Waals surface area contributed by atoms with E-state index in [4.69, 9.17) is 0 Å². The average Bonchev–Trinajstić information content (AvgIpc) is 2.36. The van der Waals surface area contributed by atoms with Crippen molar-refractivity contribution < 1.29 is 0 Å². The van der Waals surface area contributed by atoms with Gasteiger partial charge in [-0.15, -0.1) is 5.10 Å². The van der Waals surface area contributed by atoms with E-state index in [1.54, 1.807) is 0 Å². The van der Waals surface area contributed by atoms with Crippen LogP contribution in [0.15, 0.2) is 5.38 Å². The van der Waals surface area contributed by atoms with Gasteiger partial charge >= 0.3 is 0 Å². The van der Waals surface area contributed by atoms with E-state index >= 15 is 0 Å². The Kier molecular flexibility index (Phi) is 2.14. The molecule has 60 valence electrons. The van der Waals surface area contributed by atoms with E-state index in [-0.39, 0.29) is 0 Å². The van der Waals surface area contributed by atoms with Crippen molar-refractivity contribution >= 4 is 11.5 Å². The molecule has 1 aromatic heterocycles. The van der Waals surface area contributed by atoms with Crippen LogP contribution in [0.5, 0.6) is 0 Å². The van der Waals surface area contributed by atoms with Gasteiger partial charge in [-0.2, -0.15) is 0 Å². The molecule has 1 fully saturated rings. The second-order valence-electron chi connectivity index (χ2n) is 2.90. The summed E-state index contributed by atoms with van der Waals surface area (Å²) in [6, 6.07) is 0.747. The molecule has 0 spiro atoms. The molecular weight excluding hydrogens is 158 g/mol. The van der Waals surface area contributed by atoms with Crippen molar-refractivity contribution in [1.29, 1.82) is 0 Å². The fraction of sp³-hybridized carbons (Fsp3) is 0.714. The Balaban J connectivity index is 1.74. The summed E-state index contributed by atoms with van der Waals surface area (Å²) in [5.74, 6) is 0. The Bertz CT molecular complexity index is 205. The lowest BCUT2D eigenvalue weighted by molar-refractivity contribution is 0.337. The zero-order chi connectivity index (χ0) is 7.52. The predicted molar refractivity (Wildman–Crippen MR) is 44.4 cm³/mol. The van der Waals surface area contributed by atoms with Crippen LogP contribution >= 0.6 is 11.5 Å². The molecule has 1 heterocycles. The second kappa shape index (κ2) is 3.28. The van der Waals surface area contributed by atoms with Crippen molar-refractivity contribution in [3.8, 4) is 0 Å². The Morgan fingerprint density at radius 3 is 3.09 bits per heavy atom. The summed E-state index contributed by atoms with van der Waals surface area (Å²) in [4.78, 5) is 0. The van der Waals surface area contributed by atoms with Gasteiger partial charge in [0.1, 0.15) is 0 Å². The van der Waals surface area contributed by atoms with Gasteiger partial charge in [-0.25, -0.2) is 0 Å². The van der Waals surface area contributed by atoms with Crippen LogP contribution in [0.2, 0.25) is 0 Å². The first kappa shape index (κ1) is 7.18. The SMILES string of the molecule is c1snnc1CNC1CCC1. The standard InChI is InChI=1S/C7H11N3S/c1-2-6(3-1)8-4-7-5-11-10-9-7/h5-6,8H,1-4H2. The highest BCUT2D eigenvalue weighted by Crippen LogP contribution is 2.18. The molecule has 1 aliphatic rings. The molecule has 2 rings (SSSR count). The first-order valence-electron chi connectivity index (χ1n) is 3.94. The molecular formula is C7H11N3S. The Labute approximate surface area is 70.0 Å². The molecule has 11 heavy (non-hydrogen) atoms. The summed E-state index contributed by atoms with van der Waals surface area (Å²) in [6.45, 7) is 0.890. The van der Waals surface area contributed by atoms with Crippen molar-refractivity contribution in [3.05, 3.63) is 11.1 Å². The summed E-state index contributed by atoms with van der Waals surface area (Å²) in [5.41, 5.74) is 1.07. The minimum absolute atomic E-state index is 0.747. The minimum Gasteiger partial charge on any atom is -0.308 e. The summed E-state index contributed by atoms with van der Waals surface area (Å²) in [5, 5.41) is 9.37. The molecule has 0 atom stereocenters. The van der Waals surface area contributed by atoms with Crippen molar-refractivity contribution in [2.45, 2.75) is 31.8 Å². The van der Waals surface area contributed by atoms with Crippen molar-refractivity contribution in [2.24, 2.45) is 0 Å². The normalized spacial score (nSPS) is 18.2. The van der Waals surface area contributed by atoms with Crippen LogP contribution in [0.3, 0.4) is 0 Å². The first-order valence-corrected chi connectivity index (χ1v) is 4.78. The molecule has 4 heteroatoms. The molecule has 0 unspecified atom stereocenters. The second-order valence-corrected chi connectivity index (χ2v) is 3.51. The molecule has 0 radical (unpaired) electrons. The maximum atomic E-state index is 3.95. The van der Waals surface area contributed by atoms with Gasteiger partial charge in [0, 0.05) is 18.0 Å². The van der Waals surface area contributed by atoms with Crippen LogP contribution in [0.25, 0.3) is 0 Å². The van der Waals surface area contributed by atoms with Crippen LogP contribution in [-0.2, 0) is 6.54 Å². The Morgan fingerprint density at radius 2 is 2.55 bits per heavy atom. The van der Waals surface area contributed by atoms with E-state index in [0.717, 1.165) is 18.3 Å². The van der Waals surface area contributed by atoms with Gasteiger partial charge in [0.25, 0.3) is 0 Å². The molecule has 1 aromatic rings. The van der Waals surface area contributed by atoms with Gasteiger partial charge in [0.05, 0.1) is 5.69 Å². The van der Waals surface area contributed by atoms with E-state index in [0.29, 0.717) is 0 Å². The number of rotatable bonds is 3. The van der Waals surface area contributed by atoms with E-state index in [1.165, 1.54) is 30.8 Å². The summed E-state index contributed by atoms with van der Waals surface area (Å²) in [6.07, 6.45) is 4.04. The minimum atomic E-state index is 0.747. The zero-order valence-corrected chi connectivity index (χ0v) is 7.10. The first-order chi connectivity index (χ1) is 5.45. The third kappa shape index (κ3) is 1.75. The van der Waals surface area contributed by atoms with Crippen LogP contribution in [0.1, 0.15) is 25.0 Å². The van der Waals surface area contributed by atoms with Crippen LogP contribution in [0, 0.1) is 0 Å². The van der Waals surface area contributed by atoms with E-state index < -0.39 is 0 Å². The Hall–Kier alpha value is -0.480. The fourth-order valence-corrected chi connectivity index (χ4v) is 1.57. The number of hydrogen-bond acceptors (Lipinski definition) is 4. The highest BCUT2D eigenvalue weighted by Gasteiger charge is 2.16. The third-order valence-corrected chi connectivity index (χ3v) is 2.64. The van der Waals surface area contributed by atoms with E-state index in [2.05, 4.69) is 14.9 Å². The van der Waals surface area contributed by atoms with Crippen LogP contribution in [-0.4, -0.2) is 15.6 Å². The monoisotopic (exact) mass is 169 g/mol. The molecule has 0 aromatic carbocycles. The van der Waals surface area contributed by atoms with E-state index in [1.807, 2.05) is 5.38 Å². The molecule has 1 N–H and O–H groups in total. The lowest BCUT2D eigenvalue weighted by Gasteiger charge is -2.25. The number of nitrogens with one attached hydrogen (secondary N) is 1. The molecule has 0 saturated heterocycles. The molecule has 3 nitrogen and oxygen atoms in total. The van der Waals surface area contributed by atoms with Gasteiger partial charge < -0.3 is 5.32 Å². The molecule has 0 amide bonds. The van der Waals surface area contributed by atoms with Crippen LogP contribution in [0.4, 0.5) is 0 Å². The molecule has 1 aliphatic carbocycles. The molecule has 1 saturated carbocycles. The average molecular weight is 169 g/mol. The lowest BCUT2D eigenvalue weighted by Crippen LogP contribution is -2.34. The number of aromatic nitrogens is 2. The number of hydrogen-bond donors (Lipinski definition) is 1. The zero-order valence-electron chi connectivity index (χ0n) is 6.29. The summed E-state index contributed by atoms with van der Waals surface area (Å²) in [7, 11) is 0. The number of nitrogens with zero attached hydrogens (tertiary/aromatic N) is 2. The summed E-state index contributed by atoms with van der Waals surface area (Å²) < 4.78 is 3.80. The largest absolute Gasteiger partial charge is 0.308 e. The predicted octanol–water partition coefficient (Wildman–Crippen LogP) is 1.18. The van der Waals surface area contributed by atoms with Gasteiger partial charge in [-0.1, -0.05) is 10.9 Å². The van der Waals surface area contributed by atoms with E-state index in [9.17, 15) is 0 Å². The third-order valence-electron chi connectivity index (χ3n) is 2.08. The fourth-order valence-electron chi connectivity index (χ4n) is 1.12. The quantitative estimate of drug-likeness (QED) is 0.738. The Morgan fingerprint density at radius 1 is 1.64 bits per heavy atom. The van der Waals surface area contributed by atoms with Crippen LogP contribution < -0.4 is 5.32 Å². The van der Waals surface area contributed by atoms with Gasteiger partial charge in [-0.3, -0.25) is 0 Å². The topological polar surface area (TPSA) is 37.8 Å². The van der Waals surface area contributed by atoms with Gasteiger partial charge in [-0.05, 0) is 24.4 Å². The van der Waals surface area contributed by atoms with Crippen molar-refractivity contribution in [1.82, 2.24) is 14.9 Å². The maximum absolute atomic E-state index is 3.95. The smallest absolute Gasteiger partial charge is 0.0893 e. The molecule has 0 aliphatic heterocycles. The maximum Gasteiger partial charge on any atom is 0.0893 e. The van der Waals surface area contributed by atoms with Gasteiger partial charge in [0.2, 0.25) is 0 Å².